The Labute approximate surface area is 149 Å². The Kier molecular flexibility index (Phi) is 3.95. The van der Waals surface area contributed by atoms with E-state index < -0.39 is 0 Å². The lowest BCUT2D eigenvalue weighted by molar-refractivity contribution is 0.548. The van der Waals surface area contributed by atoms with E-state index in [0.717, 1.165) is 11.3 Å². The lowest BCUT2D eigenvalue weighted by Crippen LogP contribution is -2.10. The number of nitrogens with zero attached hydrogens (tertiary/aromatic N) is 6. The van der Waals surface area contributed by atoms with E-state index in [2.05, 4.69) is 25.6 Å². The summed E-state index contributed by atoms with van der Waals surface area (Å²) in [5.74, 6) is 1.29. The molecule has 0 amide bonds. The van der Waals surface area contributed by atoms with Gasteiger partial charge in [-0.05, 0) is 36.5 Å². The lowest BCUT2D eigenvalue weighted by atomic mass is 10.2. The predicted molar refractivity (Wildman–Crippen MR) is 95.8 cm³/mol. The summed E-state index contributed by atoms with van der Waals surface area (Å²) in [5, 5.41) is 19.8. The van der Waals surface area contributed by atoms with Gasteiger partial charge in [-0.15, -0.1) is 10.2 Å². The van der Waals surface area contributed by atoms with Crippen LogP contribution in [0.15, 0.2) is 54.6 Å². The molecule has 25 heavy (non-hydrogen) atoms. The van der Waals surface area contributed by atoms with E-state index in [1.54, 1.807) is 0 Å². The molecule has 7 nitrogen and oxygen atoms in total. The SMILES string of the molecule is Cc1ccc(-n2c(Cn3nnc(-c4ccccc4)n3)n[nH]c2=S)cc1. The van der Waals surface area contributed by atoms with Crippen LogP contribution in [0, 0.1) is 11.7 Å². The van der Waals surface area contributed by atoms with E-state index in [4.69, 9.17) is 12.2 Å². The van der Waals surface area contributed by atoms with E-state index in [1.165, 1.54) is 10.4 Å². The van der Waals surface area contributed by atoms with Gasteiger partial charge in [-0.25, -0.2) is 0 Å². The van der Waals surface area contributed by atoms with E-state index >= 15 is 0 Å². The van der Waals surface area contributed by atoms with E-state index in [1.807, 2.05) is 66.1 Å². The topological polar surface area (TPSA) is 77.2 Å². The van der Waals surface area contributed by atoms with Crippen LogP contribution in [0.2, 0.25) is 0 Å². The van der Waals surface area contributed by atoms with Crippen molar-refractivity contribution in [3.8, 4) is 17.1 Å². The summed E-state index contributed by atoms with van der Waals surface area (Å²) in [4.78, 5) is 1.51. The van der Waals surface area contributed by atoms with Crippen molar-refractivity contribution in [3.63, 3.8) is 0 Å². The van der Waals surface area contributed by atoms with Crippen molar-refractivity contribution in [2.24, 2.45) is 0 Å². The summed E-state index contributed by atoms with van der Waals surface area (Å²) >= 11 is 5.36. The number of H-pyrrole nitrogens is 1. The average Bonchev–Trinajstić information content (AvgIpc) is 3.24. The van der Waals surface area contributed by atoms with Gasteiger partial charge in [0.25, 0.3) is 0 Å². The summed E-state index contributed by atoms with van der Waals surface area (Å²) in [6.07, 6.45) is 0. The Morgan fingerprint density at radius 2 is 1.80 bits per heavy atom. The van der Waals surface area contributed by atoms with Crippen LogP contribution in [0.4, 0.5) is 0 Å². The number of aromatic nitrogens is 7. The van der Waals surface area contributed by atoms with Gasteiger partial charge >= 0.3 is 0 Å². The molecule has 0 aliphatic carbocycles. The fraction of sp³-hybridized carbons (Fsp3) is 0.118. The van der Waals surface area contributed by atoms with Crippen LogP contribution >= 0.6 is 12.2 Å². The highest BCUT2D eigenvalue weighted by Crippen LogP contribution is 2.14. The van der Waals surface area contributed by atoms with Crippen molar-refractivity contribution in [2.75, 3.05) is 0 Å². The lowest BCUT2D eigenvalue weighted by Gasteiger charge is -2.06. The smallest absolute Gasteiger partial charge is 0.204 e. The number of benzene rings is 2. The van der Waals surface area contributed by atoms with E-state index in [-0.39, 0.29) is 0 Å². The molecule has 0 aliphatic heterocycles. The number of hydrogen-bond acceptors (Lipinski definition) is 5. The van der Waals surface area contributed by atoms with Crippen molar-refractivity contribution in [1.82, 2.24) is 35.0 Å². The first-order chi connectivity index (χ1) is 12.2. The van der Waals surface area contributed by atoms with Crippen molar-refractivity contribution < 1.29 is 0 Å². The van der Waals surface area contributed by atoms with Gasteiger partial charge in [0.2, 0.25) is 5.82 Å². The largest absolute Gasteiger partial charge is 0.271 e. The highest BCUT2D eigenvalue weighted by atomic mass is 32.1. The van der Waals surface area contributed by atoms with Gasteiger partial charge in [0.1, 0.15) is 6.54 Å². The maximum Gasteiger partial charge on any atom is 0.204 e. The Morgan fingerprint density at radius 1 is 1.04 bits per heavy atom. The fourth-order valence-electron chi connectivity index (χ4n) is 2.54. The molecule has 0 aliphatic rings. The first-order valence-corrected chi connectivity index (χ1v) is 8.18. The van der Waals surface area contributed by atoms with Crippen LogP contribution in [0.5, 0.6) is 0 Å². The minimum absolute atomic E-state index is 0.362. The first-order valence-electron chi connectivity index (χ1n) is 7.77. The third-order valence-electron chi connectivity index (χ3n) is 3.80. The van der Waals surface area contributed by atoms with Crippen molar-refractivity contribution in [3.05, 3.63) is 70.8 Å². The average molecular weight is 349 g/mol. The maximum atomic E-state index is 5.36. The number of hydrogen-bond donors (Lipinski definition) is 1. The summed E-state index contributed by atoms with van der Waals surface area (Å²) in [6.45, 7) is 2.41. The standard InChI is InChI=1S/C17H15N7S/c1-12-7-9-14(10-8-12)24-15(18-20-17(24)25)11-23-21-16(19-22-23)13-5-3-2-4-6-13/h2-10H,11H2,1H3,(H,20,25). The molecule has 2 aromatic heterocycles. The van der Waals surface area contributed by atoms with Gasteiger partial charge in [0.15, 0.2) is 10.6 Å². The third kappa shape index (κ3) is 3.11. The minimum Gasteiger partial charge on any atom is -0.271 e. The van der Waals surface area contributed by atoms with Crippen molar-refractivity contribution in [1.29, 1.82) is 0 Å². The summed E-state index contributed by atoms with van der Waals surface area (Å²) in [7, 11) is 0. The Morgan fingerprint density at radius 3 is 2.56 bits per heavy atom. The van der Waals surface area contributed by atoms with Crippen molar-refractivity contribution >= 4 is 12.2 Å². The normalized spacial score (nSPS) is 10.9. The molecule has 0 radical (unpaired) electrons. The minimum atomic E-state index is 0.362. The zero-order valence-electron chi connectivity index (χ0n) is 13.5. The van der Waals surface area contributed by atoms with Crippen LogP contribution in [-0.2, 0) is 6.54 Å². The van der Waals surface area contributed by atoms with Crippen LogP contribution in [0.25, 0.3) is 17.1 Å². The van der Waals surface area contributed by atoms with Crippen LogP contribution in [0.3, 0.4) is 0 Å². The van der Waals surface area contributed by atoms with Crippen LogP contribution in [-0.4, -0.2) is 35.0 Å². The zero-order chi connectivity index (χ0) is 17.2. The molecule has 0 atom stereocenters. The van der Waals surface area contributed by atoms with E-state index in [0.29, 0.717) is 23.0 Å². The van der Waals surface area contributed by atoms with Gasteiger partial charge in [0, 0.05) is 11.3 Å². The molecule has 0 saturated carbocycles. The first kappa shape index (κ1) is 15.4. The molecular weight excluding hydrogens is 334 g/mol. The Bertz CT molecular complexity index is 1040. The number of aryl methyl sites for hydroxylation is 1. The fourth-order valence-corrected chi connectivity index (χ4v) is 2.79. The molecule has 2 heterocycles. The van der Waals surface area contributed by atoms with Crippen LogP contribution in [0.1, 0.15) is 11.4 Å². The predicted octanol–water partition coefficient (Wildman–Crippen LogP) is 2.94. The zero-order valence-corrected chi connectivity index (χ0v) is 14.3. The molecular formula is C17H15N7S. The third-order valence-corrected chi connectivity index (χ3v) is 4.08. The Balaban J connectivity index is 1.65. The molecule has 0 bridgehead atoms. The molecule has 8 heteroatoms. The van der Waals surface area contributed by atoms with Gasteiger partial charge in [-0.3, -0.25) is 9.67 Å². The molecule has 4 aromatic rings. The second-order valence-corrected chi connectivity index (χ2v) is 6.01. The molecule has 0 saturated heterocycles. The molecule has 0 fully saturated rings. The number of aromatic amines is 1. The summed E-state index contributed by atoms with van der Waals surface area (Å²) in [6, 6.07) is 17.8. The highest BCUT2D eigenvalue weighted by molar-refractivity contribution is 7.71. The Hall–Kier alpha value is -3.13. The molecule has 0 unspecified atom stereocenters. The van der Waals surface area contributed by atoms with Crippen LogP contribution < -0.4 is 0 Å². The second-order valence-electron chi connectivity index (χ2n) is 5.63. The monoisotopic (exact) mass is 349 g/mol. The summed E-state index contributed by atoms with van der Waals surface area (Å²) < 4.78 is 2.41. The molecule has 2 aromatic carbocycles. The number of nitrogens with one attached hydrogen (secondary N) is 1. The second kappa shape index (κ2) is 6.40. The molecule has 1 N–H and O–H groups in total. The van der Waals surface area contributed by atoms with Gasteiger partial charge < -0.3 is 0 Å². The maximum absolute atomic E-state index is 5.36. The number of rotatable bonds is 4. The van der Waals surface area contributed by atoms with Gasteiger partial charge in [0.05, 0.1) is 0 Å². The molecule has 0 spiro atoms. The summed E-state index contributed by atoms with van der Waals surface area (Å²) in [5.41, 5.74) is 3.06. The van der Waals surface area contributed by atoms with Crippen molar-refractivity contribution in [2.45, 2.75) is 13.5 Å². The van der Waals surface area contributed by atoms with E-state index in [9.17, 15) is 0 Å². The van der Waals surface area contributed by atoms with Gasteiger partial charge in [-0.2, -0.15) is 9.90 Å². The number of tetrazole rings is 1. The van der Waals surface area contributed by atoms with Gasteiger partial charge in [-0.1, -0.05) is 48.0 Å². The highest BCUT2D eigenvalue weighted by Gasteiger charge is 2.12. The molecule has 4 rings (SSSR count). The molecule has 124 valence electrons. The quantitative estimate of drug-likeness (QED) is 0.573.